The van der Waals surface area contributed by atoms with Crippen molar-refractivity contribution >= 4 is 23.9 Å². The summed E-state index contributed by atoms with van der Waals surface area (Å²) < 4.78 is 10.2. The molecule has 56 heavy (non-hydrogen) atoms. The Morgan fingerprint density at radius 3 is 2.29 bits per heavy atom. The van der Waals surface area contributed by atoms with Crippen LogP contribution < -0.4 is 20.8 Å². The fourth-order valence-electron chi connectivity index (χ4n) is 6.81. The van der Waals surface area contributed by atoms with Gasteiger partial charge >= 0.3 is 12.1 Å². The Morgan fingerprint density at radius 1 is 0.946 bits per heavy atom. The van der Waals surface area contributed by atoms with Gasteiger partial charge in [0.2, 0.25) is 5.91 Å². The highest BCUT2D eigenvalue weighted by Crippen LogP contribution is 2.24. The number of aryl methyl sites for hydroxylation is 1. The molecule has 2 heterocycles. The average molecular weight is 774 g/mol. The number of amides is 5. The summed E-state index contributed by atoms with van der Waals surface area (Å²) >= 11 is 0. The van der Waals surface area contributed by atoms with Crippen molar-refractivity contribution < 1.29 is 33.8 Å². The number of rotatable bonds is 18. The summed E-state index contributed by atoms with van der Waals surface area (Å²) in [6.45, 7) is 12.5. The summed E-state index contributed by atoms with van der Waals surface area (Å²) in [7, 11) is 2.79. The molecular weight excluding hydrogens is 715 g/mol. The number of carbonyl (C=O) groups excluding carboxylic acids is 4. The number of benzene rings is 2. The smallest absolute Gasteiger partial charge is 0.407 e. The van der Waals surface area contributed by atoms with Crippen LogP contribution in [0, 0.1) is 18.3 Å². The van der Waals surface area contributed by atoms with E-state index in [4.69, 9.17) is 9.47 Å². The summed E-state index contributed by atoms with van der Waals surface area (Å²) in [5, 5.41) is 19.4. The Labute approximate surface area is 330 Å². The van der Waals surface area contributed by atoms with Crippen molar-refractivity contribution in [2.75, 3.05) is 33.9 Å². The quantitative estimate of drug-likeness (QED) is 0.137. The summed E-state index contributed by atoms with van der Waals surface area (Å²) in [4.78, 5) is 62.3. The number of aromatic nitrogens is 1. The topological polar surface area (TPSA) is 166 Å². The highest BCUT2D eigenvalue weighted by molar-refractivity contribution is 5.88. The van der Waals surface area contributed by atoms with Crippen molar-refractivity contribution in [1.29, 1.82) is 0 Å². The molecule has 0 aliphatic carbocycles. The van der Waals surface area contributed by atoms with Crippen LogP contribution in [0.3, 0.4) is 0 Å². The molecule has 5 atom stereocenters. The van der Waals surface area contributed by atoms with Crippen LogP contribution in [0.5, 0.6) is 5.75 Å². The molecule has 1 saturated heterocycles. The van der Waals surface area contributed by atoms with Gasteiger partial charge in [-0.1, -0.05) is 89.6 Å². The zero-order valence-corrected chi connectivity index (χ0v) is 34.0. The molecule has 304 valence electrons. The van der Waals surface area contributed by atoms with Crippen LogP contribution in [0.15, 0.2) is 72.8 Å². The minimum absolute atomic E-state index is 0.107. The molecule has 0 spiro atoms. The number of ether oxygens (including phenoxy) is 2. The molecule has 5 amide bonds. The first-order chi connectivity index (χ1) is 26.6. The van der Waals surface area contributed by atoms with Crippen molar-refractivity contribution in [1.82, 2.24) is 35.9 Å². The zero-order valence-electron chi connectivity index (χ0n) is 34.0. The number of methoxy groups -OCH3 is 2. The SMILES string of the molecule is CC[C@H](C)[C@@H](C(=O)N[C@@H](Cc1ccccc1)[C@@H](O)CN(Cc1cccc(OC)c1)NC(=O)[C@@H](NC(=O)OC)C(C)(C)C)N1CCN(Cc2cccc(C)n2)C1=O. The third-order valence-electron chi connectivity index (χ3n) is 10.1. The standard InChI is InChI=1S/C42H59N7O7/c1-9-28(2)36(49-22-21-47(41(49)54)26-32-19-13-15-29(3)43-32)38(51)44-34(24-30-16-11-10-12-17-30)35(50)27-48(25-31-18-14-20-33(23-31)55-7)46-39(52)37(42(4,5)6)45-40(53)56-8/h10-20,23,28,34-37,50H,9,21-22,24-27H2,1-8H3,(H,44,51)(H,45,53)(H,46,52)/t28-,34-,35-,36-,37+/m0/s1. The van der Waals surface area contributed by atoms with Gasteiger partial charge in [0.25, 0.3) is 5.91 Å². The van der Waals surface area contributed by atoms with Crippen LogP contribution in [0.4, 0.5) is 9.59 Å². The number of nitrogens with one attached hydrogen (secondary N) is 3. The van der Waals surface area contributed by atoms with E-state index >= 15 is 0 Å². The highest BCUT2D eigenvalue weighted by Gasteiger charge is 2.41. The maximum absolute atomic E-state index is 14.5. The van der Waals surface area contributed by atoms with E-state index in [0.717, 1.165) is 22.5 Å². The van der Waals surface area contributed by atoms with E-state index in [2.05, 4.69) is 21.0 Å². The molecule has 14 nitrogen and oxygen atoms in total. The Balaban J connectivity index is 1.62. The summed E-state index contributed by atoms with van der Waals surface area (Å²) in [5.74, 6) is -0.464. The van der Waals surface area contributed by atoms with Gasteiger partial charge in [-0.25, -0.2) is 14.6 Å². The van der Waals surface area contributed by atoms with Crippen LogP contribution >= 0.6 is 0 Å². The normalized spacial score (nSPS) is 15.8. The summed E-state index contributed by atoms with van der Waals surface area (Å²) in [6, 6.07) is 19.7. The Kier molecular flexibility index (Phi) is 15.6. The van der Waals surface area contributed by atoms with Gasteiger partial charge in [-0.15, -0.1) is 0 Å². The van der Waals surface area contributed by atoms with Crippen molar-refractivity contribution in [3.8, 4) is 5.75 Å². The molecule has 14 heteroatoms. The molecule has 2 aromatic carbocycles. The predicted molar refractivity (Wildman–Crippen MR) is 213 cm³/mol. The lowest BCUT2D eigenvalue weighted by molar-refractivity contribution is -0.132. The van der Waals surface area contributed by atoms with Crippen LogP contribution in [0.2, 0.25) is 0 Å². The third kappa shape index (κ3) is 12.1. The van der Waals surface area contributed by atoms with E-state index in [1.54, 1.807) is 28.0 Å². The molecule has 1 aromatic heterocycles. The molecule has 3 aromatic rings. The molecule has 0 bridgehead atoms. The van der Waals surface area contributed by atoms with Gasteiger partial charge in [-0.2, -0.15) is 0 Å². The first-order valence-electron chi connectivity index (χ1n) is 19.2. The number of nitrogens with zero attached hydrogens (tertiary/aromatic N) is 4. The first kappa shape index (κ1) is 43.5. The molecular formula is C42H59N7O7. The largest absolute Gasteiger partial charge is 0.497 e. The average Bonchev–Trinajstić information content (AvgIpc) is 3.51. The van der Waals surface area contributed by atoms with Crippen molar-refractivity contribution in [2.24, 2.45) is 11.3 Å². The molecule has 0 radical (unpaired) electrons. The molecule has 1 aliphatic rings. The van der Waals surface area contributed by atoms with E-state index in [1.807, 2.05) is 108 Å². The predicted octanol–water partition coefficient (Wildman–Crippen LogP) is 4.44. The number of alkyl carbamates (subject to hydrolysis) is 1. The fourth-order valence-corrected chi connectivity index (χ4v) is 6.81. The molecule has 1 aliphatic heterocycles. The minimum atomic E-state index is -1.21. The lowest BCUT2D eigenvalue weighted by Gasteiger charge is -2.36. The second kappa shape index (κ2) is 20.1. The van der Waals surface area contributed by atoms with Gasteiger partial charge in [0.15, 0.2) is 0 Å². The Bertz CT molecular complexity index is 1770. The number of hydrogen-bond acceptors (Lipinski definition) is 9. The number of aliphatic hydroxyl groups excluding tert-OH is 1. The van der Waals surface area contributed by atoms with Gasteiger partial charge in [0.05, 0.1) is 38.6 Å². The third-order valence-corrected chi connectivity index (χ3v) is 10.1. The monoisotopic (exact) mass is 773 g/mol. The van der Waals surface area contributed by atoms with Crippen molar-refractivity contribution in [3.05, 3.63) is 95.3 Å². The van der Waals surface area contributed by atoms with Crippen molar-refractivity contribution in [3.63, 3.8) is 0 Å². The number of aliphatic hydroxyl groups is 1. The van der Waals surface area contributed by atoms with Crippen LogP contribution in [-0.4, -0.2) is 107 Å². The van der Waals surface area contributed by atoms with Crippen molar-refractivity contribution in [2.45, 2.75) is 91.7 Å². The van der Waals surface area contributed by atoms with E-state index in [1.165, 1.54) is 7.11 Å². The Hall–Kier alpha value is -5.21. The second-order valence-electron chi connectivity index (χ2n) is 15.5. The minimum Gasteiger partial charge on any atom is -0.497 e. The molecule has 4 N–H and O–H groups in total. The van der Waals surface area contributed by atoms with Crippen LogP contribution in [-0.2, 0) is 33.8 Å². The van der Waals surface area contributed by atoms with Crippen LogP contribution in [0.25, 0.3) is 0 Å². The number of carbonyl (C=O) groups is 4. The number of pyridine rings is 1. The fraction of sp³-hybridized carbons (Fsp3) is 0.500. The van der Waals surface area contributed by atoms with E-state index in [9.17, 15) is 24.3 Å². The molecule has 0 saturated carbocycles. The summed E-state index contributed by atoms with van der Waals surface area (Å²) in [5.41, 5.74) is 5.51. The number of hydrazine groups is 1. The molecule has 1 fully saturated rings. The van der Waals surface area contributed by atoms with Gasteiger partial charge in [-0.3, -0.25) is 20.0 Å². The number of urea groups is 1. The summed E-state index contributed by atoms with van der Waals surface area (Å²) in [6.07, 6.45) is -1.05. The lowest BCUT2D eigenvalue weighted by atomic mass is 9.86. The van der Waals surface area contributed by atoms with Gasteiger partial charge in [0.1, 0.15) is 17.8 Å². The lowest BCUT2D eigenvalue weighted by Crippen LogP contribution is -2.60. The maximum Gasteiger partial charge on any atom is 0.407 e. The van der Waals surface area contributed by atoms with E-state index in [0.29, 0.717) is 31.8 Å². The van der Waals surface area contributed by atoms with Gasteiger partial charge in [-0.05, 0) is 60.1 Å². The zero-order chi connectivity index (χ0) is 41.0. The highest BCUT2D eigenvalue weighted by atomic mass is 16.5. The maximum atomic E-state index is 14.5. The Morgan fingerprint density at radius 2 is 1.64 bits per heavy atom. The van der Waals surface area contributed by atoms with E-state index in [-0.39, 0.29) is 37.4 Å². The first-order valence-corrected chi connectivity index (χ1v) is 19.2. The number of hydrogen-bond donors (Lipinski definition) is 4. The van der Waals surface area contributed by atoms with Gasteiger partial charge in [0, 0.05) is 31.9 Å². The molecule has 4 rings (SSSR count). The second-order valence-corrected chi connectivity index (χ2v) is 15.5. The molecule has 0 unspecified atom stereocenters. The van der Waals surface area contributed by atoms with Gasteiger partial charge < -0.3 is 35.0 Å². The van der Waals surface area contributed by atoms with E-state index < -0.39 is 41.6 Å². The van der Waals surface area contributed by atoms with Crippen LogP contribution in [0.1, 0.15) is 63.6 Å².